The van der Waals surface area contributed by atoms with Crippen LogP contribution in [-0.4, -0.2) is 35.1 Å². The second-order valence-corrected chi connectivity index (χ2v) is 6.47. The molecule has 23 heavy (non-hydrogen) atoms. The van der Waals surface area contributed by atoms with Gasteiger partial charge in [0.1, 0.15) is 5.75 Å². The lowest BCUT2D eigenvalue weighted by Crippen LogP contribution is -2.09. The molecule has 0 bridgehead atoms. The first-order valence-electron chi connectivity index (χ1n) is 8.54. The highest BCUT2D eigenvalue weighted by Gasteiger charge is 2.27. The van der Waals surface area contributed by atoms with Gasteiger partial charge in [-0.3, -0.25) is 0 Å². The van der Waals surface area contributed by atoms with E-state index in [2.05, 4.69) is 16.8 Å². The number of ether oxygens (including phenoxy) is 2. The summed E-state index contributed by atoms with van der Waals surface area (Å²) in [4.78, 5) is 4.89. The molecule has 5 nitrogen and oxygen atoms in total. The summed E-state index contributed by atoms with van der Waals surface area (Å²) in [7, 11) is 1.69. The minimum atomic E-state index is 0.342. The molecule has 0 amide bonds. The van der Waals surface area contributed by atoms with Crippen molar-refractivity contribution in [3.8, 4) is 17.1 Å². The number of hydrogen-bond donors (Lipinski definition) is 0. The molecule has 5 heteroatoms. The Morgan fingerprint density at radius 3 is 2.57 bits per heavy atom. The van der Waals surface area contributed by atoms with E-state index in [9.17, 15) is 0 Å². The molecule has 0 N–H and O–H groups in total. The Balaban J connectivity index is 1.72. The van der Waals surface area contributed by atoms with Crippen LogP contribution in [0.25, 0.3) is 11.4 Å². The minimum Gasteiger partial charge on any atom is -0.497 e. The van der Waals surface area contributed by atoms with Gasteiger partial charge < -0.3 is 9.47 Å². The van der Waals surface area contributed by atoms with Gasteiger partial charge in [-0.05, 0) is 43.5 Å². The summed E-state index contributed by atoms with van der Waals surface area (Å²) in [5.74, 6) is 3.14. The van der Waals surface area contributed by atoms with Gasteiger partial charge in [0.2, 0.25) is 0 Å². The maximum Gasteiger partial charge on any atom is 0.158 e. The van der Waals surface area contributed by atoms with E-state index in [4.69, 9.17) is 19.6 Å². The Labute approximate surface area is 136 Å². The van der Waals surface area contributed by atoms with Crippen molar-refractivity contribution in [1.82, 2.24) is 14.8 Å². The predicted octanol–water partition coefficient (Wildman–Crippen LogP) is 3.57. The van der Waals surface area contributed by atoms with Crippen LogP contribution in [0.5, 0.6) is 5.75 Å². The van der Waals surface area contributed by atoms with Crippen molar-refractivity contribution in [2.75, 3.05) is 20.3 Å². The minimum absolute atomic E-state index is 0.342. The van der Waals surface area contributed by atoms with Gasteiger partial charge in [-0.2, -0.15) is 5.10 Å². The van der Waals surface area contributed by atoms with E-state index in [1.807, 2.05) is 12.1 Å². The highest BCUT2D eigenvalue weighted by Crippen LogP contribution is 2.34. The third kappa shape index (κ3) is 2.85. The molecule has 122 valence electrons. The largest absolute Gasteiger partial charge is 0.497 e. The summed E-state index contributed by atoms with van der Waals surface area (Å²) in [6.45, 7) is 1.57. The van der Waals surface area contributed by atoms with Crippen molar-refractivity contribution < 1.29 is 9.47 Å². The molecule has 1 unspecified atom stereocenters. The van der Waals surface area contributed by atoms with Crippen LogP contribution in [0.3, 0.4) is 0 Å². The van der Waals surface area contributed by atoms with Crippen molar-refractivity contribution in [2.45, 2.75) is 44.1 Å². The average molecular weight is 313 g/mol. The molecule has 2 fully saturated rings. The van der Waals surface area contributed by atoms with Crippen molar-refractivity contribution in [3.05, 3.63) is 30.1 Å². The molecular formula is C18H23N3O2. The monoisotopic (exact) mass is 313 g/mol. The fourth-order valence-electron chi connectivity index (χ4n) is 3.59. The van der Waals surface area contributed by atoms with E-state index in [1.54, 1.807) is 7.11 Å². The maximum absolute atomic E-state index is 5.52. The van der Waals surface area contributed by atoms with E-state index in [1.165, 1.54) is 25.7 Å². The fraction of sp³-hybridized carbons (Fsp3) is 0.556. The van der Waals surface area contributed by atoms with Crippen LogP contribution < -0.4 is 4.74 Å². The summed E-state index contributed by atoms with van der Waals surface area (Å²) in [5.41, 5.74) is 1.11. The molecule has 2 aliphatic rings. The van der Waals surface area contributed by atoms with Crippen molar-refractivity contribution in [1.29, 1.82) is 0 Å². The Morgan fingerprint density at radius 1 is 1.13 bits per heavy atom. The summed E-state index contributed by atoms with van der Waals surface area (Å²) in [6.07, 6.45) is 6.00. The first kappa shape index (κ1) is 14.7. The zero-order valence-corrected chi connectivity index (χ0v) is 13.6. The smallest absolute Gasteiger partial charge is 0.158 e. The van der Waals surface area contributed by atoms with Gasteiger partial charge in [-0.25, -0.2) is 9.67 Å². The number of hydrogen-bond acceptors (Lipinski definition) is 4. The lowest BCUT2D eigenvalue weighted by atomic mass is 10.1. The van der Waals surface area contributed by atoms with Crippen LogP contribution in [0.15, 0.2) is 24.3 Å². The summed E-state index contributed by atoms with van der Waals surface area (Å²) in [5, 5.41) is 4.89. The van der Waals surface area contributed by atoms with Gasteiger partial charge in [-0.1, -0.05) is 12.8 Å². The van der Waals surface area contributed by atoms with Gasteiger partial charge in [0, 0.05) is 18.1 Å². The second-order valence-electron chi connectivity index (χ2n) is 6.47. The lowest BCUT2D eigenvalue weighted by Gasteiger charge is -2.13. The van der Waals surface area contributed by atoms with Crippen molar-refractivity contribution >= 4 is 0 Å². The van der Waals surface area contributed by atoms with E-state index in [0.717, 1.165) is 42.6 Å². The molecule has 1 aliphatic heterocycles. The Morgan fingerprint density at radius 2 is 1.91 bits per heavy atom. The van der Waals surface area contributed by atoms with Gasteiger partial charge >= 0.3 is 0 Å². The van der Waals surface area contributed by atoms with E-state index in [-0.39, 0.29) is 0 Å². The molecule has 0 spiro atoms. The maximum atomic E-state index is 5.52. The molecule has 1 aliphatic carbocycles. The Bertz CT molecular complexity index is 653. The van der Waals surface area contributed by atoms with Gasteiger partial charge in [0.25, 0.3) is 0 Å². The van der Waals surface area contributed by atoms with Crippen molar-refractivity contribution in [2.24, 2.45) is 0 Å². The van der Waals surface area contributed by atoms with E-state index in [0.29, 0.717) is 12.0 Å². The van der Waals surface area contributed by atoms with Gasteiger partial charge in [-0.15, -0.1) is 0 Å². The second kappa shape index (κ2) is 6.32. The molecule has 0 radical (unpaired) electrons. The zero-order valence-electron chi connectivity index (χ0n) is 13.6. The van der Waals surface area contributed by atoms with Gasteiger partial charge in [0.05, 0.1) is 19.8 Å². The van der Waals surface area contributed by atoms with Crippen LogP contribution in [-0.2, 0) is 4.74 Å². The molecule has 2 heterocycles. The van der Waals surface area contributed by atoms with Crippen molar-refractivity contribution in [3.63, 3.8) is 0 Å². The number of benzene rings is 1. The number of nitrogens with zero attached hydrogens (tertiary/aromatic N) is 3. The highest BCUT2D eigenvalue weighted by molar-refractivity contribution is 5.57. The quantitative estimate of drug-likeness (QED) is 0.866. The zero-order chi connectivity index (χ0) is 15.6. The van der Waals surface area contributed by atoms with E-state index >= 15 is 0 Å². The lowest BCUT2D eigenvalue weighted by molar-refractivity contribution is 0.193. The predicted molar refractivity (Wildman–Crippen MR) is 87.7 cm³/mol. The molecule has 1 atom stereocenters. The number of methoxy groups -OCH3 is 1. The Kier molecular flexibility index (Phi) is 4.04. The summed E-state index contributed by atoms with van der Waals surface area (Å²) in [6, 6.07) is 8.60. The Hall–Kier alpha value is -1.88. The normalized spacial score (nSPS) is 21.9. The molecule has 4 rings (SSSR count). The number of aromatic nitrogens is 3. The van der Waals surface area contributed by atoms with Crippen LogP contribution in [0.1, 0.15) is 49.9 Å². The molecule has 1 saturated heterocycles. The summed E-state index contributed by atoms with van der Waals surface area (Å²) >= 11 is 0. The van der Waals surface area contributed by atoms with Crippen LogP contribution in [0, 0.1) is 0 Å². The number of rotatable bonds is 4. The fourth-order valence-corrected chi connectivity index (χ4v) is 3.59. The summed E-state index contributed by atoms with van der Waals surface area (Å²) < 4.78 is 12.9. The first-order chi connectivity index (χ1) is 11.3. The highest BCUT2D eigenvalue weighted by atomic mass is 16.5. The SMILES string of the molecule is COc1ccc(-c2nc(C3CCOC3)nn2C2CCCC2)cc1. The van der Waals surface area contributed by atoms with Gasteiger partial charge in [0.15, 0.2) is 11.6 Å². The van der Waals surface area contributed by atoms with E-state index < -0.39 is 0 Å². The first-order valence-corrected chi connectivity index (χ1v) is 8.54. The molecule has 2 aromatic rings. The molecule has 1 aromatic heterocycles. The third-order valence-electron chi connectivity index (χ3n) is 4.96. The third-order valence-corrected chi connectivity index (χ3v) is 4.96. The molecule has 1 saturated carbocycles. The topological polar surface area (TPSA) is 49.2 Å². The standard InChI is InChI=1S/C18H23N3O2/c1-22-16-8-6-13(7-9-16)18-19-17(14-10-11-23-12-14)20-21(18)15-4-2-3-5-15/h6-9,14-15H,2-5,10-12H2,1H3. The van der Waals surface area contributed by atoms with Crippen LogP contribution in [0.4, 0.5) is 0 Å². The average Bonchev–Trinajstić information content (AvgIpc) is 3.34. The molecular weight excluding hydrogens is 290 g/mol. The molecule has 1 aromatic carbocycles. The van der Waals surface area contributed by atoms with Crippen LogP contribution in [0.2, 0.25) is 0 Å². The van der Waals surface area contributed by atoms with Crippen LogP contribution >= 0.6 is 0 Å².